The van der Waals surface area contributed by atoms with Crippen molar-refractivity contribution in [2.24, 2.45) is 0 Å². The highest BCUT2D eigenvalue weighted by molar-refractivity contribution is 6.30. The van der Waals surface area contributed by atoms with E-state index in [1.54, 1.807) is 49.5 Å². The van der Waals surface area contributed by atoms with Crippen LogP contribution in [0.2, 0.25) is 5.02 Å². The van der Waals surface area contributed by atoms with Crippen molar-refractivity contribution in [3.63, 3.8) is 0 Å². The summed E-state index contributed by atoms with van der Waals surface area (Å²) in [5.41, 5.74) is 4.92. The van der Waals surface area contributed by atoms with Gasteiger partial charge in [-0.3, -0.25) is 9.59 Å². The van der Waals surface area contributed by atoms with Gasteiger partial charge in [0.05, 0.1) is 32.9 Å². The van der Waals surface area contributed by atoms with Gasteiger partial charge in [-0.15, -0.1) is 0 Å². The smallest absolute Gasteiger partial charge is 0.306 e. The largest absolute Gasteiger partial charge is 0.497 e. The number of anilines is 1. The number of amides is 1. The Morgan fingerprint density at radius 3 is 2.53 bits per heavy atom. The second kappa shape index (κ2) is 10.6. The van der Waals surface area contributed by atoms with Crippen molar-refractivity contribution < 1.29 is 28.9 Å². The zero-order valence-electron chi connectivity index (χ0n) is 20.6. The maximum absolute atomic E-state index is 13.8. The molecule has 0 radical (unpaired) electrons. The molecule has 0 saturated heterocycles. The molecule has 7 nitrogen and oxygen atoms in total. The number of nitrogens with zero attached hydrogens (tertiary/aromatic N) is 1. The van der Waals surface area contributed by atoms with Crippen LogP contribution in [0.25, 0.3) is 0 Å². The van der Waals surface area contributed by atoms with E-state index in [9.17, 15) is 14.7 Å². The third kappa shape index (κ3) is 5.03. The highest BCUT2D eigenvalue weighted by atomic mass is 35.5. The van der Waals surface area contributed by atoms with Gasteiger partial charge in [0.25, 0.3) is 5.91 Å². The standard InChI is InChI=1S/C28H28ClNO6/c1-16-6-5-7-21(17(16)2)27-22-12-19(29)9-11-23(22)30(28(33)25(36-27)14-26(31)32)15-18-8-10-20(34-3)13-24(18)35-4/h5-13,25,27H,14-15H2,1-4H3,(H,31,32)/t25-,27-/m1/s1. The number of methoxy groups -OCH3 is 2. The molecular weight excluding hydrogens is 482 g/mol. The van der Waals surface area contributed by atoms with Crippen molar-refractivity contribution in [2.75, 3.05) is 19.1 Å². The summed E-state index contributed by atoms with van der Waals surface area (Å²) in [5.74, 6) is -0.415. The van der Waals surface area contributed by atoms with Gasteiger partial charge < -0.3 is 24.2 Å². The molecule has 1 amide bonds. The molecule has 36 heavy (non-hydrogen) atoms. The summed E-state index contributed by atoms with van der Waals surface area (Å²) < 4.78 is 17.2. The van der Waals surface area contributed by atoms with Crippen molar-refractivity contribution in [3.8, 4) is 11.5 Å². The lowest BCUT2D eigenvalue weighted by Gasteiger charge is -2.26. The van der Waals surface area contributed by atoms with Crippen LogP contribution in [0.5, 0.6) is 11.5 Å². The molecule has 0 bridgehead atoms. The molecule has 0 unspecified atom stereocenters. The Kier molecular flexibility index (Phi) is 7.52. The summed E-state index contributed by atoms with van der Waals surface area (Å²) in [6.07, 6.45) is -2.37. The van der Waals surface area contributed by atoms with Gasteiger partial charge in [-0.2, -0.15) is 0 Å². The summed E-state index contributed by atoms with van der Waals surface area (Å²) >= 11 is 6.41. The molecule has 3 aromatic rings. The first-order chi connectivity index (χ1) is 17.2. The molecule has 0 aliphatic carbocycles. The zero-order chi connectivity index (χ0) is 26.0. The molecule has 4 rings (SSSR count). The number of hydrogen-bond acceptors (Lipinski definition) is 5. The average Bonchev–Trinajstić information content (AvgIpc) is 2.96. The third-order valence-electron chi connectivity index (χ3n) is 6.52. The maximum Gasteiger partial charge on any atom is 0.306 e. The molecule has 188 valence electrons. The molecule has 0 spiro atoms. The number of carboxylic acid groups (broad SMARTS) is 1. The lowest BCUT2D eigenvalue weighted by molar-refractivity contribution is -0.147. The molecule has 1 N–H and O–H groups in total. The van der Waals surface area contributed by atoms with Gasteiger partial charge in [0.15, 0.2) is 0 Å². The van der Waals surface area contributed by atoms with Crippen LogP contribution in [0.3, 0.4) is 0 Å². The van der Waals surface area contributed by atoms with Gasteiger partial charge in [-0.25, -0.2) is 0 Å². The minimum atomic E-state index is -1.21. The van der Waals surface area contributed by atoms with Gasteiger partial charge >= 0.3 is 5.97 Å². The summed E-state index contributed by atoms with van der Waals surface area (Å²) in [6.45, 7) is 4.12. The second-order valence-corrected chi connectivity index (χ2v) is 9.13. The monoisotopic (exact) mass is 509 g/mol. The van der Waals surface area contributed by atoms with Gasteiger partial charge in [0, 0.05) is 22.2 Å². The highest BCUT2D eigenvalue weighted by Gasteiger charge is 2.38. The zero-order valence-corrected chi connectivity index (χ0v) is 21.3. The maximum atomic E-state index is 13.8. The Morgan fingerprint density at radius 1 is 1.06 bits per heavy atom. The summed E-state index contributed by atoms with van der Waals surface area (Å²) in [5, 5.41) is 10.1. The highest BCUT2D eigenvalue weighted by Crippen LogP contribution is 2.42. The number of benzene rings is 3. The van der Waals surface area contributed by atoms with Crippen LogP contribution in [0.15, 0.2) is 54.6 Å². The minimum absolute atomic E-state index is 0.139. The van der Waals surface area contributed by atoms with Crippen molar-refractivity contribution in [2.45, 2.75) is 39.0 Å². The van der Waals surface area contributed by atoms with Crippen LogP contribution >= 0.6 is 11.6 Å². The van der Waals surface area contributed by atoms with E-state index in [2.05, 4.69) is 0 Å². The predicted octanol–water partition coefficient (Wildman–Crippen LogP) is 5.47. The first-order valence-corrected chi connectivity index (χ1v) is 11.9. The normalized spacial score (nSPS) is 17.4. The number of rotatable bonds is 7. The SMILES string of the molecule is COc1ccc(CN2C(=O)[C@@H](CC(=O)O)O[C@H](c3cccc(C)c3C)c3cc(Cl)ccc32)c(OC)c1. The Balaban J connectivity index is 1.89. The molecule has 0 saturated carbocycles. The fourth-order valence-corrected chi connectivity index (χ4v) is 4.66. The van der Waals surface area contributed by atoms with Crippen molar-refractivity contribution in [1.29, 1.82) is 0 Å². The Hall–Kier alpha value is -3.55. The predicted molar refractivity (Wildman–Crippen MR) is 137 cm³/mol. The van der Waals surface area contributed by atoms with E-state index in [0.29, 0.717) is 27.8 Å². The molecular formula is C28H28ClNO6. The fraction of sp³-hybridized carbons (Fsp3) is 0.286. The summed E-state index contributed by atoms with van der Waals surface area (Å²) in [6, 6.07) is 16.5. The Labute approximate surface area is 215 Å². The van der Waals surface area contributed by atoms with Crippen LogP contribution in [0.4, 0.5) is 5.69 Å². The molecule has 8 heteroatoms. The number of carbonyl (C=O) groups is 2. The van der Waals surface area contributed by atoms with E-state index >= 15 is 0 Å². The molecule has 1 aliphatic rings. The number of aliphatic carboxylic acids is 1. The van der Waals surface area contributed by atoms with Crippen LogP contribution in [0.1, 0.15) is 40.3 Å². The Morgan fingerprint density at radius 2 is 1.83 bits per heavy atom. The van der Waals surface area contributed by atoms with Crippen LogP contribution < -0.4 is 14.4 Å². The van der Waals surface area contributed by atoms with Crippen LogP contribution in [0, 0.1) is 13.8 Å². The van der Waals surface area contributed by atoms with Crippen molar-refractivity contribution >= 4 is 29.2 Å². The summed E-state index contributed by atoms with van der Waals surface area (Å²) in [4.78, 5) is 27.1. The second-order valence-electron chi connectivity index (χ2n) is 8.70. The molecule has 0 fully saturated rings. The fourth-order valence-electron chi connectivity index (χ4n) is 4.48. The number of fused-ring (bicyclic) bond motifs is 1. The number of carboxylic acids is 1. The number of aryl methyl sites for hydroxylation is 1. The van der Waals surface area contributed by atoms with E-state index in [-0.39, 0.29) is 6.54 Å². The lowest BCUT2D eigenvalue weighted by Crippen LogP contribution is -2.40. The van der Waals surface area contributed by atoms with Crippen molar-refractivity contribution in [1.82, 2.24) is 0 Å². The topological polar surface area (TPSA) is 85.3 Å². The minimum Gasteiger partial charge on any atom is -0.497 e. The molecule has 2 atom stereocenters. The first-order valence-electron chi connectivity index (χ1n) is 11.5. The first kappa shape index (κ1) is 25.5. The van der Waals surface area contributed by atoms with E-state index in [1.807, 2.05) is 38.1 Å². The van der Waals surface area contributed by atoms with Crippen molar-refractivity contribution in [3.05, 3.63) is 87.4 Å². The van der Waals surface area contributed by atoms with E-state index < -0.39 is 30.5 Å². The van der Waals surface area contributed by atoms with Gasteiger partial charge in [-0.1, -0.05) is 29.8 Å². The van der Waals surface area contributed by atoms with E-state index in [1.165, 1.54) is 0 Å². The van der Waals surface area contributed by atoms with Gasteiger partial charge in [0.2, 0.25) is 0 Å². The summed E-state index contributed by atoms with van der Waals surface area (Å²) in [7, 11) is 3.11. The molecule has 1 aliphatic heterocycles. The average molecular weight is 510 g/mol. The number of halogens is 1. The van der Waals surface area contributed by atoms with Crippen LogP contribution in [-0.4, -0.2) is 37.3 Å². The number of ether oxygens (including phenoxy) is 3. The third-order valence-corrected chi connectivity index (χ3v) is 6.75. The lowest BCUT2D eigenvalue weighted by atomic mass is 9.93. The van der Waals surface area contributed by atoms with E-state index in [0.717, 1.165) is 22.3 Å². The molecule has 3 aromatic carbocycles. The van der Waals surface area contributed by atoms with Crippen LogP contribution in [-0.2, 0) is 20.9 Å². The van der Waals surface area contributed by atoms with E-state index in [4.69, 9.17) is 25.8 Å². The molecule has 0 aromatic heterocycles. The number of hydrogen-bond donors (Lipinski definition) is 1. The number of carbonyl (C=O) groups excluding carboxylic acids is 1. The quantitative estimate of drug-likeness (QED) is 0.454. The van der Waals surface area contributed by atoms with Gasteiger partial charge in [-0.05, 0) is 60.9 Å². The Bertz CT molecular complexity index is 1310. The van der Waals surface area contributed by atoms with Gasteiger partial charge in [0.1, 0.15) is 23.7 Å². The molecule has 1 heterocycles.